The highest BCUT2D eigenvalue weighted by Crippen LogP contribution is 2.62. The Morgan fingerprint density at radius 1 is 1.23 bits per heavy atom. The number of nitrogens with one attached hydrogen (secondary N) is 1. The van der Waals surface area contributed by atoms with E-state index in [1.807, 2.05) is 0 Å². The molecule has 1 aliphatic carbocycles. The van der Waals surface area contributed by atoms with Crippen LogP contribution in [0.15, 0.2) is 48.9 Å². The number of β-amino-alcohol motifs (C(OH)–C–C–N with tert-alkyl or cyclic N) is 1. The number of aromatic nitrogens is 4. The first kappa shape index (κ1) is 24.6. The molecule has 204 valence electrons. The molecule has 6 atom stereocenters. The van der Waals surface area contributed by atoms with Crippen LogP contribution in [0.25, 0.3) is 11.1 Å². The summed E-state index contributed by atoms with van der Waals surface area (Å²) in [7, 11) is 0. The SMILES string of the molecule is N#C[C@]1(c2ccc(-c3ccc(N4CC(n5ccnn5)OC4=O)cc3F)cn2)[C@@H]2CN(C(=O)[C@@H]3C[C@@H](O)CN3)C[C@@H]21. The second-order valence-corrected chi connectivity index (χ2v) is 10.7. The molecule has 1 aromatic carbocycles. The number of amides is 2. The van der Waals surface area contributed by atoms with Crippen LogP contribution in [0.3, 0.4) is 0 Å². The third-order valence-electron chi connectivity index (χ3n) is 8.58. The van der Waals surface area contributed by atoms with Crippen molar-refractivity contribution in [3.05, 3.63) is 60.4 Å². The number of ether oxygens (including phenoxy) is 1. The summed E-state index contributed by atoms with van der Waals surface area (Å²) in [6.45, 7) is 1.52. The Hall–Kier alpha value is -4.41. The van der Waals surface area contributed by atoms with Crippen molar-refractivity contribution >= 4 is 17.7 Å². The number of hydrogen-bond donors (Lipinski definition) is 2. The summed E-state index contributed by atoms with van der Waals surface area (Å²) in [4.78, 5) is 32.9. The van der Waals surface area contributed by atoms with Crippen LogP contribution in [-0.4, -0.2) is 80.3 Å². The van der Waals surface area contributed by atoms with Gasteiger partial charge in [0.1, 0.15) is 11.2 Å². The Morgan fingerprint density at radius 2 is 2.05 bits per heavy atom. The molecule has 4 fully saturated rings. The fraction of sp³-hybridized carbons (Fsp3) is 0.407. The molecule has 2 aromatic heterocycles. The minimum Gasteiger partial charge on any atom is -0.421 e. The highest BCUT2D eigenvalue weighted by Gasteiger charge is 2.71. The number of cyclic esters (lactones) is 1. The maximum Gasteiger partial charge on any atom is 0.416 e. The molecule has 12 nitrogen and oxygen atoms in total. The van der Waals surface area contributed by atoms with Gasteiger partial charge < -0.3 is 20.1 Å². The molecule has 4 aliphatic rings. The lowest BCUT2D eigenvalue weighted by Crippen LogP contribution is -2.44. The number of aliphatic hydroxyl groups excluding tert-OH is 1. The highest BCUT2D eigenvalue weighted by atomic mass is 19.1. The second kappa shape index (κ2) is 9.07. The lowest BCUT2D eigenvalue weighted by Gasteiger charge is -2.25. The zero-order chi connectivity index (χ0) is 27.6. The molecule has 2 amide bonds. The van der Waals surface area contributed by atoms with Crippen molar-refractivity contribution in [2.45, 2.75) is 30.2 Å². The summed E-state index contributed by atoms with van der Waals surface area (Å²) in [5, 5.41) is 30.4. The number of benzene rings is 1. The predicted molar refractivity (Wildman–Crippen MR) is 136 cm³/mol. The van der Waals surface area contributed by atoms with Crippen LogP contribution in [0.4, 0.5) is 14.9 Å². The average molecular weight is 545 g/mol. The zero-order valence-corrected chi connectivity index (χ0v) is 21.2. The molecule has 0 spiro atoms. The van der Waals surface area contributed by atoms with Gasteiger partial charge in [0.2, 0.25) is 12.1 Å². The Bertz CT molecular complexity index is 1510. The number of rotatable bonds is 5. The lowest BCUT2D eigenvalue weighted by atomic mass is 9.95. The van der Waals surface area contributed by atoms with Crippen molar-refractivity contribution < 1.29 is 23.8 Å². The first-order valence-electron chi connectivity index (χ1n) is 13.1. The zero-order valence-electron chi connectivity index (χ0n) is 21.2. The van der Waals surface area contributed by atoms with E-state index in [1.165, 1.54) is 21.8 Å². The number of likely N-dealkylation sites (tertiary alicyclic amines) is 1. The quantitative estimate of drug-likeness (QED) is 0.483. The van der Waals surface area contributed by atoms with Crippen molar-refractivity contribution in [3.8, 4) is 17.2 Å². The van der Waals surface area contributed by atoms with E-state index < -0.39 is 29.7 Å². The standard InChI is InChI=1S/C27H25FN8O4/c28-21-7-16(35-13-24(40-26(35)39)36-6-5-32-33-36)2-3-18(21)15-1-4-23(31-9-15)27(14-29)19-11-34(12-20(19)27)25(38)22-8-17(37)10-30-22/h1-7,9,17,19-20,22,24,30,37H,8,10-13H2/t17-,19-,20+,22+,24?,27+/m1/s1. The number of anilines is 1. The molecular formula is C27H25FN8O4. The number of carbonyl (C=O) groups is 2. The van der Waals surface area contributed by atoms with E-state index >= 15 is 4.39 Å². The fourth-order valence-electron chi connectivity index (χ4n) is 6.41. The molecule has 5 heterocycles. The number of nitrogens with zero attached hydrogens (tertiary/aromatic N) is 7. The Morgan fingerprint density at radius 3 is 2.67 bits per heavy atom. The largest absolute Gasteiger partial charge is 0.421 e. The average Bonchev–Trinajstić information content (AvgIpc) is 3.62. The van der Waals surface area contributed by atoms with E-state index in [4.69, 9.17) is 4.74 Å². The predicted octanol–water partition coefficient (Wildman–Crippen LogP) is 1.21. The monoisotopic (exact) mass is 544 g/mol. The van der Waals surface area contributed by atoms with Gasteiger partial charge in [-0.15, -0.1) is 5.10 Å². The molecule has 3 saturated heterocycles. The van der Waals surface area contributed by atoms with E-state index in [2.05, 4.69) is 26.7 Å². The van der Waals surface area contributed by atoms with E-state index in [9.17, 15) is 20.0 Å². The van der Waals surface area contributed by atoms with Crippen molar-refractivity contribution in [3.63, 3.8) is 0 Å². The summed E-state index contributed by atoms with van der Waals surface area (Å²) >= 11 is 0. The maximum atomic E-state index is 15.2. The normalized spacial score (nSPS) is 30.7. The third kappa shape index (κ3) is 3.75. The highest BCUT2D eigenvalue weighted by molar-refractivity contribution is 5.90. The van der Waals surface area contributed by atoms with E-state index in [0.29, 0.717) is 48.6 Å². The summed E-state index contributed by atoms with van der Waals surface area (Å²) in [5.41, 5.74) is 1.06. The van der Waals surface area contributed by atoms with Gasteiger partial charge in [-0.05, 0) is 30.7 Å². The van der Waals surface area contributed by atoms with Gasteiger partial charge in [-0.25, -0.2) is 13.9 Å². The molecule has 2 N–H and O–H groups in total. The molecule has 0 bridgehead atoms. The Kier molecular flexibility index (Phi) is 5.58. The molecule has 40 heavy (non-hydrogen) atoms. The van der Waals surface area contributed by atoms with E-state index in [-0.39, 0.29) is 30.3 Å². The van der Waals surface area contributed by atoms with Gasteiger partial charge in [0.05, 0.1) is 42.3 Å². The van der Waals surface area contributed by atoms with E-state index in [0.717, 1.165) is 0 Å². The molecule has 0 radical (unpaired) electrons. The minimum atomic E-state index is -0.767. The molecule has 3 aliphatic heterocycles. The lowest BCUT2D eigenvalue weighted by molar-refractivity contribution is -0.132. The summed E-state index contributed by atoms with van der Waals surface area (Å²) in [6, 6.07) is 10.1. The van der Waals surface area contributed by atoms with Crippen LogP contribution >= 0.6 is 0 Å². The number of fused-ring (bicyclic) bond motifs is 1. The number of aliphatic hydroxyl groups is 1. The molecule has 3 aromatic rings. The van der Waals surface area contributed by atoms with Crippen LogP contribution in [0.2, 0.25) is 0 Å². The van der Waals surface area contributed by atoms with Crippen LogP contribution in [-0.2, 0) is 14.9 Å². The molecular weight excluding hydrogens is 519 g/mol. The third-order valence-corrected chi connectivity index (χ3v) is 8.58. The topological polar surface area (TPSA) is 149 Å². The van der Waals surface area contributed by atoms with Gasteiger partial charge in [-0.1, -0.05) is 11.3 Å². The maximum absolute atomic E-state index is 15.2. The molecule has 1 unspecified atom stereocenters. The van der Waals surface area contributed by atoms with Gasteiger partial charge in [-0.2, -0.15) is 5.26 Å². The van der Waals surface area contributed by atoms with Gasteiger partial charge in [0.15, 0.2) is 0 Å². The van der Waals surface area contributed by atoms with Crippen molar-refractivity contribution in [2.24, 2.45) is 11.8 Å². The number of halogens is 1. The Balaban J connectivity index is 1.04. The first-order chi connectivity index (χ1) is 19.4. The first-order valence-corrected chi connectivity index (χ1v) is 13.1. The smallest absolute Gasteiger partial charge is 0.416 e. The van der Waals surface area contributed by atoms with Gasteiger partial charge in [0, 0.05) is 55.0 Å². The van der Waals surface area contributed by atoms with Crippen molar-refractivity contribution in [1.29, 1.82) is 5.26 Å². The summed E-state index contributed by atoms with van der Waals surface area (Å²) in [6.07, 6.45) is 3.26. The summed E-state index contributed by atoms with van der Waals surface area (Å²) < 4.78 is 22.0. The van der Waals surface area contributed by atoms with Crippen molar-refractivity contribution in [2.75, 3.05) is 31.1 Å². The fourth-order valence-corrected chi connectivity index (χ4v) is 6.41. The number of nitriles is 1. The van der Waals surface area contributed by atoms with Crippen LogP contribution in [0, 0.1) is 29.0 Å². The summed E-state index contributed by atoms with van der Waals surface area (Å²) in [5.74, 6) is -0.580. The van der Waals surface area contributed by atoms with Gasteiger partial charge in [-0.3, -0.25) is 14.7 Å². The van der Waals surface area contributed by atoms with Crippen LogP contribution in [0.1, 0.15) is 18.3 Å². The Labute approximate surface area is 228 Å². The number of pyridine rings is 1. The van der Waals surface area contributed by atoms with Crippen molar-refractivity contribution in [1.82, 2.24) is 30.2 Å². The number of carbonyl (C=O) groups excluding carboxylic acids is 2. The van der Waals surface area contributed by atoms with Crippen LogP contribution in [0.5, 0.6) is 0 Å². The van der Waals surface area contributed by atoms with E-state index in [1.54, 1.807) is 41.6 Å². The molecule has 7 rings (SSSR count). The molecule has 13 heteroatoms. The van der Waals surface area contributed by atoms with Crippen LogP contribution < -0.4 is 10.2 Å². The second-order valence-electron chi connectivity index (χ2n) is 10.7. The van der Waals surface area contributed by atoms with Gasteiger partial charge >= 0.3 is 6.09 Å². The van der Waals surface area contributed by atoms with Gasteiger partial charge in [0.25, 0.3) is 0 Å². The molecule has 1 saturated carbocycles. The minimum absolute atomic E-state index is 0.0105. The number of piperidine rings is 1. The number of hydrogen-bond acceptors (Lipinski definition) is 9.